The van der Waals surface area contributed by atoms with Gasteiger partial charge in [-0.25, -0.2) is 0 Å². The Morgan fingerprint density at radius 1 is 0.206 bits per heavy atom. The van der Waals surface area contributed by atoms with E-state index < -0.39 is 36.5 Å². The molecule has 0 atom stereocenters. The first-order valence-electron chi connectivity index (χ1n) is 30.3. The quantitative estimate of drug-likeness (QED) is 0.0597. The first-order chi connectivity index (χ1) is 47.7. The molecular formula is C78H60N8O6P4Si. The van der Waals surface area contributed by atoms with Crippen LogP contribution < -0.4 is 94.3 Å². The molecule has 0 aliphatic heterocycles. The van der Waals surface area contributed by atoms with E-state index in [0.717, 1.165) is 0 Å². The average molecular weight is 1360 g/mol. The van der Waals surface area contributed by atoms with Gasteiger partial charge in [-0.2, -0.15) is 0 Å². The van der Waals surface area contributed by atoms with Crippen molar-refractivity contribution < 1.29 is 30.6 Å². The van der Waals surface area contributed by atoms with E-state index in [2.05, 4.69) is 391 Å². The molecular weight excluding hydrogens is 1300 g/mol. The molecule has 0 radical (unpaired) electrons. The SMILES string of the molecule is [O-]C#[N+][Si-2]([N+]#C[O-])([N+]#C[O-])([N+]#C[O-])([N+]#C[O-])[N+]#C[O-].c1ccc(P(=N[P+](c2ccccc2)(c2ccccc2)c2ccccc2)(c2ccccc2)c2ccccc2)cc1.c1ccc(P(=N[P+](c2ccccc2)(c2ccccc2)c2ccccc2)(c2ccccc2)c2ccccc2)cc1. The summed E-state index contributed by atoms with van der Waals surface area (Å²) in [5.74, 6) is 0. The van der Waals surface area contributed by atoms with Crippen molar-refractivity contribution in [2.24, 2.45) is 9.03 Å². The Bertz CT molecular complexity index is 4320. The van der Waals surface area contributed by atoms with Gasteiger partial charge in [0.15, 0.2) is 0 Å². The summed E-state index contributed by atoms with van der Waals surface area (Å²) in [6, 6.07) is 131. The second-order valence-corrected chi connectivity index (χ2v) is 38.5. The van der Waals surface area contributed by atoms with Gasteiger partial charge in [-0.05, 0) is 72.8 Å². The van der Waals surface area contributed by atoms with Crippen LogP contribution in [0.4, 0.5) is 0 Å². The van der Waals surface area contributed by atoms with Crippen molar-refractivity contribution in [3.05, 3.63) is 391 Å². The molecule has 0 N–H and O–H groups in total. The van der Waals surface area contributed by atoms with E-state index in [4.69, 9.17) is 9.03 Å². The van der Waals surface area contributed by atoms with Crippen LogP contribution in [0.25, 0.3) is 27.1 Å². The molecule has 0 unspecified atom stereocenters. The summed E-state index contributed by atoms with van der Waals surface area (Å²) in [5, 5.41) is 77.5. The minimum Gasteiger partial charge on any atom is -0.121 e. The van der Waals surface area contributed by atoms with E-state index >= 15 is 0 Å². The van der Waals surface area contributed by atoms with Crippen LogP contribution in [0.5, 0.6) is 0 Å². The van der Waals surface area contributed by atoms with Crippen LogP contribution in [0.15, 0.2) is 373 Å². The van der Waals surface area contributed by atoms with Gasteiger partial charge in [-0.1, -0.05) is 291 Å². The second-order valence-electron chi connectivity index (χ2n) is 21.5. The van der Waals surface area contributed by atoms with Crippen LogP contribution in [0.1, 0.15) is 0 Å². The molecule has 0 saturated heterocycles. The maximum Gasteiger partial charge on any atom is 0.228 e. The van der Waals surface area contributed by atoms with Crippen LogP contribution in [0.2, 0.25) is 0 Å². The van der Waals surface area contributed by atoms with E-state index in [0.29, 0.717) is 37.5 Å². The van der Waals surface area contributed by atoms with Crippen LogP contribution in [0.3, 0.4) is 0 Å². The van der Waals surface area contributed by atoms with Crippen LogP contribution in [-0.4, -0.2) is 7.60 Å². The summed E-state index contributed by atoms with van der Waals surface area (Å²) in [6.07, 6.45) is 4.17. The Morgan fingerprint density at radius 2 is 0.330 bits per heavy atom. The fraction of sp³-hybridized carbons (Fsp3) is 0. The predicted octanol–water partition coefficient (Wildman–Crippen LogP) is 8.37. The van der Waals surface area contributed by atoms with Gasteiger partial charge in [-0.3, -0.25) is 0 Å². The molecule has 472 valence electrons. The molecule has 97 heavy (non-hydrogen) atoms. The molecule has 0 fully saturated rings. The van der Waals surface area contributed by atoms with E-state index in [-0.39, 0.29) is 0 Å². The zero-order chi connectivity index (χ0) is 67.7. The molecule has 0 spiro atoms. The van der Waals surface area contributed by atoms with Gasteiger partial charge in [0.25, 0.3) is 0 Å². The van der Waals surface area contributed by atoms with Crippen LogP contribution >= 0.6 is 28.9 Å². The maximum atomic E-state index is 10.4. The minimum atomic E-state index is -7.15. The third-order valence-electron chi connectivity index (χ3n) is 15.9. The number of nitrogens with zero attached hydrogens (tertiary/aromatic N) is 8. The third-order valence-corrected chi connectivity index (χ3v) is 36.3. The summed E-state index contributed by atoms with van der Waals surface area (Å²) in [6.45, 7) is 0. The van der Waals surface area contributed by atoms with Gasteiger partial charge in [0.2, 0.25) is 14.8 Å². The summed E-state index contributed by atoms with van der Waals surface area (Å²) in [4.78, 5) is 0. The third kappa shape index (κ3) is 13.5. The fourth-order valence-corrected chi connectivity index (χ4v) is 32.5. The largest absolute Gasteiger partial charge is 0.228 e. The maximum absolute atomic E-state index is 10.4. The number of hydrogen-bond donors (Lipinski definition) is 0. The molecule has 0 aliphatic rings. The summed E-state index contributed by atoms with van der Waals surface area (Å²) in [7, 11) is -17.1. The Labute approximate surface area is 565 Å². The monoisotopic (exact) mass is 1360 g/mol. The second kappa shape index (κ2) is 30.8. The molecule has 0 aromatic heterocycles. The molecule has 0 bridgehead atoms. The van der Waals surface area contributed by atoms with Crippen LogP contribution in [0, 0.1) is 37.5 Å². The van der Waals surface area contributed by atoms with Gasteiger partial charge in [0.05, 0.1) is 0 Å². The zero-order valence-electron chi connectivity index (χ0n) is 52.0. The van der Waals surface area contributed by atoms with Gasteiger partial charge >= 0.3 is 103 Å². The first kappa shape index (κ1) is 67.8. The molecule has 19 heteroatoms. The van der Waals surface area contributed by atoms with E-state index in [9.17, 15) is 30.6 Å². The number of rotatable bonds is 14. The minimum absolute atomic E-state index is 0.695. The van der Waals surface area contributed by atoms with Crippen LogP contribution in [-0.2, 0) is 0 Å². The van der Waals surface area contributed by atoms with E-state index in [1.165, 1.54) is 63.7 Å². The first-order valence-corrected chi connectivity index (χ1v) is 40.0. The van der Waals surface area contributed by atoms with E-state index in [1.54, 1.807) is 0 Å². The Balaban J connectivity index is 0.000000168. The predicted molar refractivity (Wildman–Crippen MR) is 395 cm³/mol. The fourth-order valence-electron chi connectivity index (χ4n) is 11.5. The van der Waals surface area contributed by atoms with Gasteiger partial charge in [0.1, 0.15) is 45.9 Å². The van der Waals surface area contributed by atoms with Crippen molar-refractivity contribution >= 4 is 100 Å². The van der Waals surface area contributed by atoms with Crippen molar-refractivity contribution in [2.45, 2.75) is 0 Å². The average Bonchev–Trinajstić information content (AvgIpc) is 0.711. The summed E-state index contributed by atoms with van der Waals surface area (Å²) < 4.78 is 28.8. The Kier molecular flexibility index (Phi) is 21.5. The van der Waals surface area contributed by atoms with Crippen molar-refractivity contribution in [1.82, 2.24) is 0 Å². The van der Waals surface area contributed by atoms with E-state index in [1.807, 2.05) is 0 Å². The molecule has 0 amide bonds. The molecule has 0 saturated carbocycles. The molecule has 0 heterocycles. The van der Waals surface area contributed by atoms with Crippen molar-refractivity contribution in [3.8, 4) is 37.5 Å². The summed E-state index contributed by atoms with van der Waals surface area (Å²) >= 11 is 0. The molecule has 12 rings (SSSR count). The zero-order valence-corrected chi connectivity index (χ0v) is 56.5. The summed E-state index contributed by atoms with van der Waals surface area (Å²) in [5.41, 5.74) is 0. The topological polar surface area (TPSA) is 189 Å². The molecule has 12 aromatic rings. The van der Waals surface area contributed by atoms with Crippen molar-refractivity contribution in [1.29, 1.82) is 0 Å². The van der Waals surface area contributed by atoms with Crippen molar-refractivity contribution in [2.75, 3.05) is 0 Å². The smallest absolute Gasteiger partial charge is 0.121 e. The number of hydrogen-bond acceptors (Lipinski definition) is 8. The Hall–Kier alpha value is -12.1. The standard InChI is InChI=1S/2C36H30NP2.C6H6N6O6Si/c2*1-7-19-31(20-8-1)38(32-21-9-2-10-22-32,33-23-11-3-12-24-33)37-39(34-25-13-4-14-26-34,35-27-15-5-16-28-35)36-29-17-6-18-30-36;13-1-7-19(8-2-14,9-3-15,10-4-16,11-5-17)12-6-18/h2*1-30H;13-18H/q2*+1;+4/p-6. The molecule has 0 aliphatic carbocycles. The molecule has 12 aromatic carbocycles. The van der Waals surface area contributed by atoms with Gasteiger partial charge in [0, 0.05) is 31.8 Å². The van der Waals surface area contributed by atoms with Gasteiger partial charge < -0.3 is 0 Å². The molecule has 14 nitrogen and oxygen atoms in total. The number of benzene rings is 12. The van der Waals surface area contributed by atoms with Crippen molar-refractivity contribution in [3.63, 3.8) is 0 Å². The normalized spacial score (nSPS) is 11.4. The van der Waals surface area contributed by atoms with Gasteiger partial charge in [-0.15, -0.1) is 9.03 Å². The Morgan fingerprint density at radius 3 is 0.454 bits per heavy atom.